The first kappa shape index (κ1) is 34.9. The quantitative estimate of drug-likeness (QED) is 0.205. The molecule has 3 heterocycles. The number of aryl methyl sites for hydroxylation is 4. The van der Waals surface area contributed by atoms with Crippen molar-refractivity contribution in [3.05, 3.63) is 118 Å². The summed E-state index contributed by atoms with van der Waals surface area (Å²) >= 11 is 6.50. The molecule has 1 unspecified atom stereocenters. The lowest BCUT2D eigenvalue weighted by Gasteiger charge is -2.45. The number of imidazole rings is 1. The summed E-state index contributed by atoms with van der Waals surface area (Å²) in [6, 6.07) is 19.2. The number of piperazine rings is 1. The third-order valence-electron chi connectivity index (χ3n) is 10.4. The van der Waals surface area contributed by atoms with Crippen molar-refractivity contribution in [1.82, 2.24) is 29.2 Å². The van der Waals surface area contributed by atoms with Gasteiger partial charge in [-0.2, -0.15) is 0 Å². The van der Waals surface area contributed by atoms with Gasteiger partial charge in [0, 0.05) is 69.5 Å². The molecule has 2 aliphatic carbocycles. The zero-order valence-corrected chi connectivity index (χ0v) is 29.9. The fraction of sp³-hybridized carbons (Fsp3) is 0.425. The second kappa shape index (κ2) is 15.8. The molecule has 0 spiro atoms. The zero-order chi connectivity index (χ0) is 35.3. The van der Waals surface area contributed by atoms with Crippen molar-refractivity contribution in [3.8, 4) is 0 Å². The standard InChI is InChI=1S/C40H45ClN6O4/c1-28-24-44(27-43-28)19-6-20-46(25-29-7-3-2-4-8-29)39(49)36-26-45(21-22-47(36)40(50)51-34-15-13-33(48)14-16-34)38-35-17-12-32(41)23-31(35)11-10-30-9-5-18-42-37(30)38/h2-5,7-9,12,17-18,23-24,27,34,36,38H,6,10-11,13-16,19-22,25-26H2,1H3/t36-,38?/m1/s1. The van der Waals surface area contributed by atoms with E-state index < -0.39 is 12.1 Å². The molecule has 2 aromatic carbocycles. The van der Waals surface area contributed by atoms with Crippen LogP contribution in [0.1, 0.15) is 71.8 Å². The molecule has 4 aromatic rings. The Morgan fingerprint density at radius 1 is 0.961 bits per heavy atom. The number of aromatic nitrogens is 3. The van der Waals surface area contributed by atoms with Crippen molar-refractivity contribution < 1.29 is 19.1 Å². The summed E-state index contributed by atoms with van der Waals surface area (Å²) in [5.74, 6) is 0.0811. The van der Waals surface area contributed by atoms with Crippen molar-refractivity contribution in [2.45, 2.75) is 83.1 Å². The van der Waals surface area contributed by atoms with Crippen LogP contribution in [0.4, 0.5) is 4.79 Å². The van der Waals surface area contributed by atoms with Crippen molar-refractivity contribution in [1.29, 1.82) is 0 Å². The highest BCUT2D eigenvalue weighted by molar-refractivity contribution is 6.30. The molecule has 0 N–H and O–H groups in total. The molecule has 11 heteroatoms. The Hall–Kier alpha value is -4.54. The van der Waals surface area contributed by atoms with Gasteiger partial charge >= 0.3 is 6.09 Å². The molecule has 266 valence electrons. The number of hydrogen-bond acceptors (Lipinski definition) is 7. The van der Waals surface area contributed by atoms with Gasteiger partial charge < -0.3 is 14.2 Å². The average Bonchev–Trinajstić information content (AvgIpc) is 3.49. The Balaban J connectivity index is 1.21. The van der Waals surface area contributed by atoms with Crippen LogP contribution in [0, 0.1) is 6.92 Å². The van der Waals surface area contributed by atoms with Crippen LogP contribution in [0.2, 0.25) is 5.02 Å². The number of benzene rings is 2. The third-order valence-corrected chi connectivity index (χ3v) is 10.7. The number of ketones is 1. The molecule has 51 heavy (non-hydrogen) atoms. The van der Waals surface area contributed by atoms with E-state index in [-0.39, 0.29) is 23.8 Å². The predicted molar refractivity (Wildman–Crippen MR) is 194 cm³/mol. The zero-order valence-electron chi connectivity index (χ0n) is 29.1. The number of pyridine rings is 1. The van der Waals surface area contributed by atoms with Crippen molar-refractivity contribution in [2.75, 3.05) is 26.2 Å². The smallest absolute Gasteiger partial charge is 0.410 e. The molecule has 2 fully saturated rings. The van der Waals surface area contributed by atoms with Gasteiger partial charge in [0.05, 0.1) is 23.8 Å². The number of amides is 2. The molecule has 0 bridgehead atoms. The van der Waals surface area contributed by atoms with Crippen molar-refractivity contribution in [2.24, 2.45) is 0 Å². The Morgan fingerprint density at radius 3 is 2.55 bits per heavy atom. The second-order valence-corrected chi connectivity index (χ2v) is 14.4. The number of rotatable bonds is 9. The molecular weight excluding hydrogens is 664 g/mol. The number of carbonyl (C=O) groups excluding carboxylic acids is 3. The Kier molecular flexibility index (Phi) is 10.8. The van der Waals surface area contributed by atoms with Gasteiger partial charge in [-0.1, -0.05) is 54.1 Å². The van der Waals surface area contributed by atoms with Crippen LogP contribution in [0.3, 0.4) is 0 Å². The Bertz CT molecular complexity index is 1850. The number of fused-ring (bicyclic) bond motifs is 2. The van der Waals surface area contributed by atoms with E-state index in [4.69, 9.17) is 21.3 Å². The van der Waals surface area contributed by atoms with Gasteiger partial charge in [-0.25, -0.2) is 9.78 Å². The predicted octanol–water partition coefficient (Wildman–Crippen LogP) is 6.18. The maximum Gasteiger partial charge on any atom is 0.410 e. The number of ether oxygens (including phenoxy) is 1. The number of hydrogen-bond donors (Lipinski definition) is 0. The molecule has 1 saturated carbocycles. The maximum atomic E-state index is 15.0. The third kappa shape index (κ3) is 8.18. The fourth-order valence-corrected chi connectivity index (χ4v) is 7.98. The fourth-order valence-electron chi connectivity index (χ4n) is 7.78. The highest BCUT2D eigenvalue weighted by Crippen LogP contribution is 2.38. The van der Waals surface area contributed by atoms with E-state index >= 15 is 0 Å². The number of nitrogens with zero attached hydrogens (tertiary/aromatic N) is 6. The molecule has 7 rings (SSSR count). The molecule has 1 aliphatic heterocycles. The van der Waals surface area contributed by atoms with Crippen molar-refractivity contribution >= 4 is 29.4 Å². The molecule has 3 aliphatic rings. The van der Waals surface area contributed by atoms with E-state index in [1.165, 1.54) is 11.1 Å². The van der Waals surface area contributed by atoms with Crippen LogP contribution < -0.4 is 0 Å². The van der Waals surface area contributed by atoms with E-state index in [0.717, 1.165) is 41.8 Å². The minimum atomic E-state index is -0.790. The van der Waals surface area contributed by atoms with E-state index in [1.807, 2.05) is 83.6 Å². The highest BCUT2D eigenvalue weighted by Gasteiger charge is 2.43. The SMILES string of the molecule is Cc1cn(CCCN(Cc2ccccc2)C(=O)[C@H]2CN(C3c4ccc(Cl)cc4CCc4cccnc43)CCN2C(=O)OC2CCC(=O)CC2)cn1. The topological polar surface area (TPSA) is 101 Å². The van der Waals surface area contributed by atoms with E-state index in [2.05, 4.69) is 22.0 Å². The summed E-state index contributed by atoms with van der Waals surface area (Å²) in [5, 5.41) is 0.693. The summed E-state index contributed by atoms with van der Waals surface area (Å²) in [5.41, 5.74) is 6.41. The summed E-state index contributed by atoms with van der Waals surface area (Å²) in [6.45, 7) is 4.76. The van der Waals surface area contributed by atoms with Crippen LogP contribution in [0.15, 0.2) is 79.4 Å². The largest absolute Gasteiger partial charge is 0.446 e. The monoisotopic (exact) mass is 708 g/mol. The van der Waals surface area contributed by atoms with Crippen LogP contribution in [0.25, 0.3) is 0 Å². The first-order valence-corrected chi connectivity index (χ1v) is 18.5. The van der Waals surface area contributed by atoms with Gasteiger partial charge in [-0.15, -0.1) is 0 Å². The summed E-state index contributed by atoms with van der Waals surface area (Å²) in [7, 11) is 0. The molecule has 1 saturated heterocycles. The summed E-state index contributed by atoms with van der Waals surface area (Å²) in [4.78, 5) is 56.0. The van der Waals surface area contributed by atoms with Gasteiger partial charge in [-0.3, -0.25) is 24.4 Å². The lowest BCUT2D eigenvalue weighted by Crippen LogP contribution is -2.62. The van der Waals surface area contributed by atoms with Crippen LogP contribution in [0.5, 0.6) is 0 Å². The van der Waals surface area contributed by atoms with Crippen LogP contribution >= 0.6 is 11.6 Å². The molecule has 10 nitrogen and oxygen atoms in total. The lowest BCUT2D eigenvalue weighted by atomic mass is 9.95. The second-order valence-electron chi connectivity index (χ2n) is 14.0. The lowest BCUT2D eigenvalue weighted by molar-refractivity contribution is -0.140. The number of carbonyl (C=O) groups is 3. The summed E-state index contributed by atoms with van der Waals surface area (Å²) in [6.07, 6.45) is 9.07. The Morgan fingerprint density at radius 2 is 1.76 bits per heavy atom. The van der Waals surface area contributed by atoms with Crippen LogP contribution in [-0.4, -0.2) is 85.3 Å². The summed E-state index contributed by atoms with van der Waals surface area (Å²) < 4.78 is 8.08. The molecule has 2 atom stereocenters. The minimum Gasteiger partial charge on any atom is -0.446 e. The average molecular weight is 709 g/mol. The molecule has 2 aromatic heterocycles. The molecule has 0 radical (unpaired) electrons. The van der Waals surface area contributed by atoms with Gasteiger partial charge in [0.1, 0.15) is 17.9 Å². The maximum absolute atomic E-state index is 15.0. The first-order valence-electron chi connectivity index (χ1n) is 18.1. The van der Waals surface area contributed by atoms with E-state index in [0.29, 0.717) is 70.0 Å². The minimum absolute atomic E-state index is 0.118. The van der Waals surface area contributed by atoms with Gasteiger partial charge in [0.2, 0.25) is 5.91 Å². The Labute approximate surface area is 304 Å². The first-order chi connectivity index (χ1) is 24.8. The van der Waals surface area contributed by atoms with Gasteiger partial charge in [-0.05, 0) is 79.5 Å². The molecule has 2 amide bonds. The highest BCUT2D eigenvalue weighted by atomic mass is 35.5. The van der Waals surface area contributed by atoms with E-state index in [1.54, 1.807) is 4.90 Å². The normalized spacial score (nSPS) is 19.6. The van der Waals surface area contributed by atoms with E-state index in [9.17, 15) is 14.4 Å². The molecular formula is C40H45ClN6O4. The number of halogens is 1. The number of Topliss-reactive ketones (excluding diaryl/α,β-unsaturated/α-hetero) is 1. The van der Waals surface area contributed by atoms with Gasteiger partial charge in [0.25, 0.3) is 0 Å². The van der Waals surface area contributed by atoms with Crippen molar-refractivity contribution in [3.63, 3.8) is 0 Å². The van der Waals surface area contributed by atoms with Crippen LogP contribution in [-0.2, 0) is 40.3 Å². The van der Waals surface area contributed by atoms with Gasteiger partial charge in [0.15, 0.2) is 0 Å².